The molecule has 0 aliphatic rings. The van der Waals surface area contributed by atoms with Crippen molar-refractivity contribution >= 4 is 17.3 Å². The molecule has 0 heterocycles. The number of carbonyl (C=O) groups is 1. The van der Waals surface area contributed by atoms with Gasteiger partial charge in [0, 0.05) is 23.9 Å². The van der Waals surface area contributed by atoms with E-state index in [0.717, 1.165) is 29.1 Å². The summed E-state index contributed by atoms with van der Waals surface area (Å²) in [4.78, 5) is 12.1. The van der Waals surface area contributed by atoms with E-state index in [1.807, 2.05) is 48.5 Å². The lowest BCUT2D eigenvalue weighted by Gasteiger charge is -2.10. The Kier molecular flexibility index (Phi) is 6.67. The predicted octanol–water partition coefficient (Wildman–Crippen LogP) is 4.27. The fraction of sp³-hybridized carbons (Fsp3) is 0.350. The molecule has 2 rings (SSSR count). The highest BCUT2D eigenvalue weighted by molar-refractivity contribution is 5.91. The van der Waals surface area contributed by atoms with E-state index >= 15 is 0 Å². The summed E-state index contributed by atoms with van der Waals surface area (Å²) in [7, 11) is 0. The van der Waals surface area contributed by atoms with Gasteiger partial charge in [0.2, 0.25) is 5.91 Å². The minimum atomic E-state index is -0.00819. The van der Waals surface area contributed by atoms with Crippen molar-refractivity contribution in [3.8, 4) is 5.75 Å². The van der Waals surface area contributed by atoms with Gasteiger partial charge in [0.25, 0.3) is 0 Å². The lowest BCUT2D eigenvalue weighted by atomic mass is 10.1. The van der Waals surface area contributed by atoms with Crippen LogP contribution in [0.3, 0.4) is 0 Å². The van der Waals surface area contributed by atoms with Gasteiger partial charge in [-0.05, 0) is 48.6 Å². The second-order valence-corrected chi connectivity index (χ2v) is 6.35. The molecule has 0 aliphatic carbocycles. The number of hydrogen-bond acceptors (Lipinski definition) is 3. The Morgan fingerprint density at radius 1 is 1.17 bits per heavy atom. The van der Waals surface area contributed by atoms with E-state index in [-0.39, 0.29) is 5.91 Å². The van der Waals surface area contributed by atoms with Crippen LogP contribution in [0.4, 0.5) is 11.4 Å². The Morgan fingerprint density at radius 3 is 2.62 bits per heavy atom. The Labute approximate surface area is 144 Å². The molecule has 128 valence electrons. The average Bonchev–Trinajstić information content (AvgIpc) is 2.54. The molecule has 0 atom stereocenters. The fourth-order valence-electron chi connectivity index (χ4n) is 2.24. The minimum Gasteiger partial charge on any atom is -0.494 e. The molecule has 24 heavy (non-hydrogen) atoms. The van der Waals surface area contributed by atoms with Gasteiger partial charge >= 0.3 is 0 Å². The van der Waals surface area contributed by atoms with Gasteiger partial charge < -0.3 is 15.8 Å². The monoisotopic (exact) mass is 326 g/mol. The summed E-state index contributed by atoms with van der Waals surface area (Å²) < 4.78 is 5.72. The number of nitrogen functional groups attached to an aromatic ring is 1. The van der Waals surface area contributed by atoms with E-state index in [2.05, 4.69) is 19.2 Å². The van der Waals surface area contributed by atoms with Crippen molar-refractivity contribution in [3.63, 3.8) is 0 Å². The number of rotatable bonds is 8. The quantitative estimate of drug-likeness (QED) is 0.712. The number of amides is 1. The first-order valence-corrected chi connectivity index (χ1v) is 8.40. The molecular weight excluding hydrogens is 300 g/mol. The zero-order chi connectivity index (χ0) is 17.4. The van der Waals surface area contributed by atoms with Crippen LogP contribution in [-0.4, -0.2) is 12.5 Å². The number of anilines is 2. The third-order valence-electron chi connectivity index (χ3n) is 3.70. The molecule has 0 saturated carbocycles. The fourth-order valence-corrected chi connectivity index (χ4v) is 2.24. The number of carbonyl (C=O) groups excluding carboxylic acids is 1. The van der Waals surface area contributed by atoms with Gasteiger partial charge in [-0.2, -0.15) is 0 Å². The van der Waals surface area contributed by atoms with Crippen molar-refractivity contribution in [2.24, 2.45) is 5.92 Å². The third-order valence-corrected chi connectivity index (χ3v) is 3.70. The zero-order valence-corrected chi connectivity index (χ0v) is 14.4. The van der Waals surface area contributed by atoms with Gasteiger partial charge in [-0.15, -0.1) is 0 Å². The molecule has 4 nitrogen and oxygen atoms in total. The number of hydrogen-bond donors (Lipinski definition) is 2. The molecule has 0 unspecified atom stereocenters. The normalized spacial score (nSPS) is 10.6. The molecule has 0 saturated heterocycles. The molecule has 2 aromatic rings. The Bertz CT molecular complexity index is 651. The van der Waals surface area contributed by atoms with Crippen LogP contribution in [-0.2, 0) is 11.2 Å². The molecule has 0 fully saturated rings. The van der Waals surface area contributed by atoms with Crippen LogP contribution in [0, 0.1) is 5.92 Å². The topological polar surface area (TPSA) is 64.3 Å². The highest BCUT2D eigenvalue weighted by Crippen LogP contribution is 2.18. The average molecular weight is 326 g/mol. The maximum absolute atomic E-state index is 12.1. The molecule has 1 amide bonds. The highest BCUT2D eigenvalue weighted by Gasteiger charge is 2.05. The first kappa shape index (κ1) is 17.9. The highest BCUT2D eigenvalue weighted by atomic mass is 16.5. The summed E-state index contributed by atoms with van der Waals surface area (Å²) in [6.07, 6.45) is 2.14. The number of ether oxygens (including phenoxy) is 1. The lowest BCUT2D eigenvalue weighted by molar-refractivity contribution is -0.116. The summed E-state index contributed by atoms with van der Waals surface area (Å²) in [6, 6.07) is 15.1. The second kappa shape index (κ2) is 8.96. The number of benzene rings is 2. The molecule has 3 N–H and O–H groups in total. The third kappa shape index (κ3) is 6.32. The van der Waals surface area contributed by atoms with Gasteiger partial charge in [-0.25, -0.2) is 0 Å². The second-order valence-electron chi connectivity index (χ2n) is 6.35. The first-order valence-electron chi connectivity index (χ1n) is 8.40. The zero-order valence-electron chi connectivity index (χ0n) is 14.4. The Morgan fingerprint density at radius 2 is 1.92 bits per heavy atom. The summed E-state index contributed by atoms with van der Waals surface area (Å²) in [6.45, 7) is 5.02. The Hall–Kier alpha value is -2.49. The SMILES string of the molecule is CC(C)CCOc1cccc(NC(=O)CCc2ccc(N)cc2)c1. The van der Waals surface area contributed by atoms with Crippen LogP contribution in [0.5, 0.6) is 5.75 Å². The molecule has 0 aromatic heterocycles. The maximum atomic E-state index is 12.1. The predicted molar refractivity (Wildman–Crippen MR) is 99.2 cm³/mol. The summed E-state index contributed by atoms with van der Waals surface area (Å²) in [5.41, 5.74) is 8.26. The largest absolute Gasteiger partial charge is 0.494 e. The standard InChI is InChI=1S/C20H26N2O2/c1-15(2)12-13-24-19-5-3-4-18(14-19)22-20(23)11-8-16-6-9-17(21)10-7-16/h3-7,9-10,14-15H,8,11-13,21H2,1-2H3,(H,22,23). The summed E-state index contributed by atoms with van der Waals surface area (Å²) in [5, 5.41) is 2.92. The van der Waals surface area contributed by atoms with Crippen molar-refractivity contribution in [1.82, 2.24) is 0 Å². The van der Waals surface area contributed by atoms with Crippen LogP contribution >= 0.6 is 0 Å². The van der Waals surface area contributed by atoms with E-state index in [1.54, 1.807) is 0 Å². The van der Waals surface area contributed by atoms with E-state index in [1.165, 1.54) is 0 Å². The Balaban J connectivity index is 1.81. The molecule has 0 radical (unpaired) electrons. The molecule has 4 heteroatoms. The molecular formula is C20H26N2O2. The van der Waals surface area contributed by atoms with E-state index in [9.17, 15) is 4.79 Å². The lowest BCUT2D eigenvalue weighted by Crippen LogP contribution is -2.12. The van der Waals surface area contributed by atoms with Crippen LogP contribution in [0.15, 0.2) is 48.5 Å². The van der Waals surface area contributed by atoms with Gasteiger partial charge in [0.05, 0.1) is 6.61 Å². The van der Waals surface area contributed by atoms with Gasteiger partial charge in [0.1, 0.15) is 5.75 Å². The van der Waals surface area contributed by atoms with Gasteiger partial charge in [-0.1, -0.05) is 32.0 Å². The smallest absolute Gasteiger partial charge is 0.224 e. The van der Waals surface area contributed by atoms with E-state index < -0.39 is 0 Å². The summed E-state index contributed by atoms with van der Waals surface area (Å²) in [5.74, 6) is 1.39. The number of aryl methyl sites for hydroxylation is 1. The van der Waals surface area contributed by atoms with E-state index in [0.29, 0.717) is 25.4 Å². The van der Waals surface area contributed by atoms with Crippen molar-refractivity contribution in [1.29, 1.82) is 0 Å². The van der Waals surface area contributed by atoms with Crippen molar-refractivity contribution < 1.29 is 9.53 Å². The van der Waals surface area contributed by atoms with Gasteiger partial charge in [-0.3, -0.25) is 4.79 Å². The van der Waals surface area contributed by atoms with Crippen molar-refractivity contribution in [2.75, 3.05) is 17.7 Å². The minimum absolute atomic E-state index is 0.00819. The van der Waals surface area contributed by atoms with Gasteiger partial charge in [0.15, 0.2) is 0 Å². The van der Waals surface area contributed by atoms with Crippen LogP contribution in [0.2, 0.25) is 0 Å². The molecule has 0 spiro atoms. The maximum Gasteiger partial charge on any atom is 0.224 e. The molecule has 0 bridgehead atoms. The molecule has 0 aliphatic heterocycles. The van der Waals surface area contributed by atoms with Crippen LogP contribution in [0.1, 0.15) is 32.3 Å². The first-order chi connectivity index (χ1) is 11.5. The molecule has 2 aromatic carbocycles. The summed E-state index contributed by atoms with van der Waals surface area (Å²) >= 11 is 0. The van der Waals surface area contributed by atoms with Crippen LogP contribution < -0.4 is 15.8 Å². The van der Waals surface area contributed by atoms with E-state index in [4.69, 9.17) is 10.5 Å². The van der Waals surface area contributed by atoms with Crippen LogP contribution in [0.25, 0.3) is 0 Å². The van der Waals surface area contributed by atoms with Crippen molar-refractivity contribution in [3.05, 3.63) is 54.1 Å². The van der Waals surface area contributed by atoms with Crippen molar-refractivity contribution in [2.45, 2.75) is 33.1 Å². The number of nitrogens with two attached hydrogens (primary N) is 1. The number of nitrogens with one attached hydrogen (secondary N) is 1.